The highest BCUT2D eigenvalue weighted by molar-refractivity contribution is 6.29. The van der Waals surface area contributed by atoms with Crippen molar-refractivity contribution in [3.63, 3.8) is 0 Å². The number of amides is 1. The molecule has 0 bridgehead atoms. The summed E-state index contributed by atoms with van der Waals surface area (Å²) in [5, 5.41) is 2.86. The molecule has 18 heavy (non-hydrogen) atoms. The van der Waals surface area contributed by atoms with Gasteiger partial charge in [0, 0.05) is 5.56 Å². The molecule has 2 aromatic heterocycles. The zero-order chi connectivity index (χ0) is 13.3. The van der Waals surface area contributed by atoms with Gasteiger partial charge < -0.3 is 9.73 Å². The van der Waals surface area contributed by atoms with Gasteiger partial charge in [0.1, 0.15) is 16.7 Å². The molecule has 6 heteroatoms. The smallest absolute Gasteiger partial charge is 0.260 e. The summed E-state index contributed by atoms with van der Waals surface area (Å²) in [6.07, 6.45) is 2.83. The number of anilines is 1. The van der Waals surface area contributed by atoms with Crippen LogP contribution in [0.5, 0.6) is 0 Å². The van der Waals surface area contributed by atoms with E-state index in [4.69, 9.17) is 16.0 Å². The maximum atomic E-state index is 12.1. The molecular weight excluding hydrogens is 254 g/mol. The summed E-state index contributed by atoms with van der Waals surface area (Å²) in [5.74, 6) is 1.34. The summed E-state index contributed by atoms with van der Waals surface area (Å²) in [6, 6.07) is 0. The molecule has 0 saturated heterocycles. The predicted molar refractivity (Wildman–Crippen MR) is 67.9 cm³/mol. The van der Waals surface area contributed by atoms with Gasteiger partial charge in [-0.3, -0.25) is 9.78 Å². The minimum atomic E-state index is -0.279. The molecule has 0 aliphatic carbocycles. The first-order chi connectivity index (χ1) is 8.49. The van der Waals surface area contributed by atoms with Crippen LogP contribution >= 0.6 is 11.6 Å². The Kier molecular flexibility index (Phi) is 3.34. The van der Waals surface area contributed by atoms with Crippen LogP contribution in [-0.2, 0) is 0 Å². The van der Waals surface area contributed by atoms with Gasteiger partial charge in [-0.25, -0.2) is 4.98 Å². The van der Waals surface area contributed by atoms with Crippen LogP contribution in [0.4, 0.5) is 5.82 Å². The van der Waals surface area contributed by atoms with Gasteiger partial charge in [0.2, 0.25) is 0 Å². The Morgan fingerprint density at radius 3 is 2.56 bits per heavy atom. The average molecular weight is 266 g/mol. The number of carbonyl (C=O) groups excluding carboxylic acids is 1. The van der Waals surface area contributed by atoms with E-state index >= 15 is 0 Å². The van der Waals surface area contributed by atoms with Gasteiger partial charge in [-0.15, -0.1) is 0 Å². The molecule has 1 amide bonds. The van der Waals surface area contributed by atoms with Crippen molar-refractivity contribution >= 4 is 23.3 Å². The van der Waals surface area contributed by atoms with Gasteiger partial charge in [-0.1, -0.05) is 11.6 Å². The molecule has 0 aliphatic heterocycles. The third kappa shape index (κ3) is 2.36. The van der Waals surface area contributed by atoms with Gasteiger partial charge in [0.05, 0.1) is 18.0 Å². The number of nitrogens with one attached hydrogen (secondary N) is 1. The molecule has 94 valence electrons. The number of rotatable bonds is 2. The van der Waals surface area contributed by atoms with Gasteiger partial charge in [-0.05, 0) is 20.8 Å². The van der Waals surface area contributed by atoms with Crippen LogP contribution in [0, 0.1) is 20.8 Å². The Morgan fingerprint density at radius 1 is 1.28 bits per heavy atom. The molecule has 0 aromatic carbocycles. The first kappa shape index (κ1) is 12.6. The largest absolute Gasteiger partial charge is 0.466 e. The highest BCUT2D eigenvalue weighted by atomic mass is 35.5. The molecule has 0 fully saturated rings. The van der Waals surface area contributed by atoms with Crippen molar-refractivity contribution in [2.75, 3.05) is 5.32 Å². The molecule has 2 aromatic rings. The summed E-state index contributed by atoms with van der Waals surface area (Å²) in [5.41, 5.74) is 1.34. The molecule has 0 unspecified atom stereocenters. The fraction of sp³-hybridized carbons (Fsp3) is 0.250. The fourth-order valence-corrected chi connectivity index (χ4v) is 1.86. The Hall–Kier alpha value is -1.88. The molecule has 0 atom stereocenters. The van der Waals surface area contributed by atoms with Crippen LogP contribution in [0.2, 0.25) is 5.15 Å². The molecule has 2 rings (SSSR count). The Bertz CT molecular complexity index is 607. The molecule has 0 aliphatic rings. The summed E-state index contributed by atoms with van der Waals surface area (Å²) in [6.45, 7) is 5.40. The van der Waals surface area contributed by atoms with Crippen LogP contribution in [-0.4, -0.2) is 15.9 Å². The highest BCUT2D eigenvalue weighted by Crippen LogP contribution is 2.21. The number of nitrogens with zero attached hydrogens (tertiary/aromatic N) is 2. The molecule has 0 spiro atoms. The number of hydrogen-bond acceptors (Lipinski definition) is 4. The lowest BCUT2D eigenvalue weighted by molar-refractivity contribution is 0.102. The van der Waals surface area contributed by atoms with Crippen molar-refractivity contribution in [2.24, 2.45) is 0 Å². The Balaban J connectivity index is 2.27. The van der Waals surface area contributed by atoms with Crippen molar-refractivity contribution in [1.82, 2.24) is 9.97 Å². The molecule has 1 N–H and O–H groups in total. The summed E-state index contributed by atoms with van der Waals surface area (Å²) < 4.78 is 5.40. The first-order valence-corrected chi connectivity index (χ1v) is 5.72. The van der Waals surface area contributed by atoms with E-state index in [-0.39, 0.29) is 11.1 Å². The monoisotopic (exact) mass is 265 g/mol. The molecule has 5 nitrogen and oxygen atoms in total. The number of furan rings is 1. The standard InChI is InChI=1S/C12H12ClN3O2/c1-6-7(2)18-8(3)11(6)12(17)16-10-5-14-4-9(13)15-10/h4-5H,1-3H3,(H,15,16,17). The van der Waals surface area contributed by atoms with Crippen molar-refractivity contribution in [3.8, 4) is 0 Å². The first-order valence-electron chi connectivity index (χ1n) is 5.34. The van der Waals surface area contributed by atoms with E-state index in [1.54, 1.807) is 6.92 Å². The molecule has 2 heterocycles. The average Bonchev–Trinajstić information content (AvgIpc) is 2.53. The normalized spacial score (nSPS) is 10.4. The van der Waals surface area contributed by atoms with Crippen molar-refractivity contribution in [3.05, 3.63) is 40.2 Å². The lowest BCUT2D eigenvalue weighted by atomic mass is 10.1. The zero-order valence-corrected chi connectivity index (χ0v) is 11.0. The van der Waals surface area contributed by atoms with Crippen LogP contribution in [0.25, 0.3) is 0 Å². The number of aryl methyl sites for hydroxylation is 2. The van der Waals surface area contributed by atoms with E-state index in [0.29, 0.717) is 17.1 Å². The summed E-state index contributed by atoms with van der Waals surface area (Å²) >= 11 is 5.70. The summed E-state index contributed by atoms with van der Waals surface area (Å²) in [4.78, 5) is 19.9. The third-order valence-electron chi connectivity index (χ3n) is 2.64. The van der Waals surface area contributed by atoms with Crippen LogP contribution in [0.1, 0.15) is 27.4 Å². The van der Waals surface area contributed by atoms with Crippen LogP contribution < -0.4 is 5.32 Å². The Morgan fingerprint density at radius 2 is 2.00 bits per heavy atom. The minimum Gasteiger partial charge on any atom is -0.466 e. The van der Waals surface area contributed by atoms with Crippen molar-refractivity contribution in [2.45, 2.75) is 20.8 Å². The van der Waals surface area contributed by atoms with E-state index in [1.165, 1.54) is 12.4 Å². The van der Waals surface area contributed by atoms with E-state index in [2.05, 4.69) is 15.3 Å². The van der Waals surface area contributed by atoms with Gasteiger partial charge >= 0.3 is 0 Å². The number of carbonyl (C=O) groups is 1. The second-order valence-corrected chi connectivity index (χ2v) is 4.28. The lowest BCUT2D eigenvalue weighted by Crippen LogP contribution is -2.14. The van der Waals surface area contributed by atoms with Gasteiger partial charge in [0.25, 0.3) is 5.91 Å². The van der Waals surface area contributed by atoms with Gasteiger partial charge in [-0.2, -0.15) is 0 Å². The number of hydrogen-bond donors (Lipinski definition) is 1. The zero-order valence-electron chi connectivity index (χ0n) is 10.2. The third-order valence-corrected chi connectivity index (χ3v) is 2.82. The maximum Gasteiger partial charge on any atom is 0.260 e. The van der Waals surface area contributed by atoms with E-state index in [1.807, 2.05) is 13.8 Å². The molecular formula is C12H12ClN3O2. The maximum absolute atomic E-state index is 12.1. The van der Waals surface area contributed by atoms with Crippen LogP contribution in [0.15, 0.2) is 16.8 Å². The van der Waals surface area contributed by atoms with E-state index in [0.717, 1.165) is 11.3 Å². The predicted octanol–water partition coefficient (Wildman–Crippen LogP) is 2.90. The van der Waals surface area contributed by atoms with E-state index < -0.39 is 0 Å². The minimum absolute atomic E-state index is 0.226. The topological polar surface area (TPSA) is 68.0 Å². The van der Waals surface area contributed by atoms with Crippen molar-refractivity contribution in [1.29, 1.82) is 0 Å². The van der Waals surface area contributed by atoms with Crippen molar-refractivity contribution < 1.29 is 9.21 Å². The fourth-order valence-electron chi connectivity index (χ4n) is 1.71. The molecule has 0 saturated carbocycles. The summed E-state index contributed by atoms with van der Waals surface area (Å²) in [7, 11) is 0. The molecule has 0 radical (unpaired) electrons. The second kappa shape index (κ2) is 4.78. The SMILES string of the molecule is Cc1oc(C)c(C(=O)Nc2cncc(Cl)n2)c1C. The Labute approximate surface area is 109 Å². The van der Waals surface area contributed by atoms with Gasteiger partial charge in [0.15, 0.2) is 5.82 Å². The highest BCUT2D eigenvalue weighted by Gasteiger charge is 2.18. The van der Waals surface area contributed by atoms with Crippen LogP contribution in [0.3, 0.4) is 0 Å². The number of aromatic nitrogens is 2. The second-order valence-electron chi connectivity index (χ2n) is 3.90. The lowest BCUT2D eigenvalue weighted by Gasteiger charge is -2.04. The quantitative estimate of drug-likeness (QED) is 0.906. The number of halogens is 1. The van der Waals surface area contributed by atoms with E-state index in [9.17, 15) is 4.79 Å².